The summed E-state index contributed by atoms with van der Waals surface area (Å²) in [6.45, 7) is 5.43. The van der Waals surface area contributed by atoms with Gasteiger partial charge in [0.25, 0.3) is 0 Å². The highest BCUT2D eigenvalue weighted by Gasteiger charge is 2.26. The Balaban J connectivity index is 1.38. The van der Waals surface area contributed by atoms with Crippen molar-refractivity contribution in [2.45, 2.75) is 24.3 Å². The Labute approximate surface area is 228 Å². The standard InChI is InChI=1S/C30H33N5O3S/c36-30-28(26-18-25(12-13-27(26)34-30)39(37,38)32-19-21-6-7-21)29(23-4-2-1-3-5-23)33-24-10-8-22(9-11-24)20-35-16-14-31-15-17-35/h1-5,8-13,18,21,31-32,34,36H,6-7,14-17,19-20H2. The number of nitrogens with one attached hydrogen (secondary N) is 3. The Morgan fingerprint density at radius 2 is 1.74 bits per heavy atom. The molecule has 9 heteroatoms. The molecule has 2 aliphatic rings. The van der Waals surface area contributed by atoms with E-state index in [0.29, 0.717) is 34.6 Å². The molecule has 2 heterocycles. The second kappa shape index (κ2) is 10.9. The highest BCUT2D eigenvalue weighted by atomic mass is 32.2. The van der Waals surface area contributed by atoms with Crippen molar-refractivity contribution in [2.24, 2.45) is 10.9 Å². The summed E-state index contributed by atoms with van der Waals surface area (Å²) < 4.78 is 28.7. The smallest absolute Gasteiger partial charge is 0.240 e. The van der Waals surface area contributed by atoms with Crippen molar-refractivity contribution in [1.82, 2.24) is 19.9 Å². The summed E-state index contributed by atoms with van der Waals surface area (Å²) >= 11 is 0. The minimum Gasteiger partial charge on any atom is -0.494 e. The quantitative estimate of drug-likeness (QED) is 0.237. The van der Waals surface area contributed by atoms with Gasteiger partial charge in [-0.1, -0.05) is 42.5 Å². The second-order valence-corrected chi connectivity index (χ2v) is 12.1. The van der Waals surface area contributed by atoms with Crippen LogP contribution in [0.4, 0.5) is 5.69 Å². The Kier molecular flexibility index (Phi) is 7.22. The Morgan fingerprint density at radius 1 is 1.00 bits per heavy atom. The first-order valence-electron chi connectivity index (χ1n) is 13.5. The molecule has 4 N–H and O–H groups in total. The lowest BCUT2D eigenvalue weighted by Gasteiger charge is -2.27. The van der Waals surface area contributed by atoms with Crippen LogP contribution in [0.5, 0.6) is 5.88 Å². The zero-order valence-electron chi connectivity index (χ0n) is 21.7. The summed E-state index contributed by atoms with van der Waals surface area (Å²) in [6.07, 6.45) is 2.12. The lowest BCUT2D eigenvalue weighted by molar-refractivity contribution is 0.233. The van der Waals surface area contributed by atoms with Gasteiger partial charge >= 0.3 is 0 Å². The van der Waals surface area contributed by atoms with Crippen molar-refractivity contribution >= 4 is 32.3 Å². The van der Waals surface area contributed by atoms with Crippen molar-refractivity contribution in [3.8, 4) is 5.88 Å². The largest absolute Gasteiger partial charge is 0.494 e. The van der Waals surface area contributed by atoms with Gasteiger partial charge in [-0.05, 0) is 54.7 Å². The summed E-state index contributed by atoms with van der Waals surface area (Å²) in [4.78, 5) is 10.6. The fourth-order valence-electron chi connectivity index (χ4n) is 4.99. The maximum absolute atomic E-state index is 13.0. The first kappa shape index (κ1) is 25.8. The van der Waals surface area contributed by atoms with Crippen molar-refractivity contribution in [3.63, 3.8) is 0 Å². The molecule has 0 bridgehead atoms. The van der Waals surface area contributed by atoms with E-state index in [4.69, 9.17) is 4.99 Å². The molecule has 1 aliphatic carbocycles. The summed E-state index contributed by atoms with van der Waals surface area (Å²) in [5.74, 6) is 0.374. The molecule has 4 aromatic rings. The van der Waals surface area contributed by atoms with Crippen molar-refractivity contribution < 1.29 is 13.5 Å². The lowest BCUT2D eigenvalue weighted by Crippen LogP contribution is -2.42. The molecule has 0 radical (unpaired) electrons. The fraction of sp³-hybridized carbons (Fsp3) is 0.300. The molecule has 2 fully saturated rings. The summed E-state index contributed by atoms with van der Waals surface area (Å²) in [6, 6.07) is 22.7. The predicted molar refractivity (Wildman–Crippen MR) is 154 cm³/mol. The van der Waals surface area contributed by atoms with Crippen LogP contribution in [0.2, 0.25) is 0 Å². The number of aliphatic imine (C=N–C) groups is 1. The number of nitrogens with zero attached hydrogens (tertiary/aromatic N) is 2. The molecule has 0 amide bonds. The number of fused-ring (bicyclic) bond motifs is 1. The number of sulfonamides is 1. The van der Waals surface area contributed by atoms with Crippen LogP contribution >= 0.6 is 0 Å². The average Bonchev–Trinajstić information content (AvgIpc) is 3.73. The first-order chi connectivity index (χ1) is 19.0. The molecule has 39 heavy (non-hydrogen) atoms. The van der Waals surface area contributed by atoms with Crippen molar-refractivity contribution in [2.75, 3.05) is 32.7 Å². The van der Waals surface area contributed by atoms with E-state index in [-0.39, 0.29) is 10.8 Å². The molecular formula is C30H33N5O3S. The van der Waals surface area contributed by atoms with Gasteiger partial charge < -0.3 is 15.4 Å². The monoisotopic (exact) mass is 543 g/mol. The van der Waals surface area contributed by atoms with Crippen molar-refractivity contribution in [1.29, 1.82) is 0 Å². The molecule has 3 aromatic carbocycles. The van der Waals surface area contributed by atoms with E-state index in [2.05, 4.69) is 32.1 Å². The fourth-order valence-corrected chi connectivity index (χ4v) is 6.13. The van der Waals surface area contributed by atoms with Gasteiger partial charge in [-0.15, -0.1) is 0 Å². The van der Waals surface area contributed by atoms with E-state index >= 15 is 0 Å². The number of rotatable bonds is 9. The second-order valence-electron chi connectivity index (χ2n) is 10.4. The van der Waals surface area contributed by atoms with E-state index in [9.17, 15) is 13.5 Å². The van der Waals surface area contributed by atoms with E-state index in [1.54, 1.807) is 18.2 Å². The number of hydrogen-bond donors (Lipinski definition) is 4. The predicted octanol–water partition coefficient (Wildman–Crippen LogP) is 4.14. The summed E-state index contributed by atoms with van der Waals surface area (Å²) in [5.41, 5.74) is 4.47. The molecule has 8 nitrogen and oxygen atoms in total. The van der Waals surface area contributed by atoms with Crippen LogP contribution in [0.25, 0.3) is 10.9 Å². The topological polar surface area (TPSA) is 110 Å². The third-order valence-corrected chi connectivity index (χ3v) is 8.82. The van der Waals surface area contributed by atoms with Crippen LogP contribution < -0.4 is 10.0 Å². The van der Waals surface area contributed by atoms with Gasteiger partial charge in [-0.3, -0.25) is 4.90 Å². The first-order valence-corrected chi connectivity index (χ1v) is 15.0. The van der Waals surface area contributed by atoms with Gasteiger partial charge in [-0.2, -0.15) is 0 Å². The SMILES string of the molecule is O=S(=O)(NCC1CC1)c1ccc2[nH]c(O)c(C(=Nc3ccc(CN4CCNCC4)cc3)c3ccccc3)c2c1. The zero-order chi connectivity index (χ0) is 26.8. The Morgan fingerprint density at radius 3 is 2.46 bits per heavy atom. The van der Waals surface area contributed by atoms with Crippen LogP contribution in [0, 0.1) is 5.92 Å². The van der Waals surface area contributed by atoms with Gasteiger partial charge in [0.1, 0.15) is 0 Å². The van der Waals surface area contributed by atoms with Gasteiger partial charge in [0, 0.05) is 55.7 Å². The zero-order valence-corrected chi connectivity index (χ0v) is 22.5. The summed E-state index contributed by atoms with van der Waals surface area (Å²) in [7, 11) is -3.67. The van der Waals surface area contributed by atoms with Crippen LogP contribution in [-0.4, -0.2) is 61.8 Å². The minimum absolute atomic E-state index is 0.0524. The minimum atomic E-state index is -3.67. The number of H-pyrrole nitrogens is 1. The molecule has 0 atom stereocenters. The van der Waals surface area contributed by atoms with Gasteiger partial charge in [0.2, 0.25) is 10.0 Å². The Hall–Kier alpha value is -3.50. The molecule has 0 spiro atoms. The molecule has 0 unspecified atom stereocenters. The highest BCUT2D eigenvalue weighted by molar-refractivity contribution is 7.89. The Bertz CT molecular complexity index is 1590. The number of piperazine rings is 1. The maximum Gasteiger partial charge on any atom is 0.240 e. The molecule has 6 rings (SSSR count). The summed E-state index contributed by atoms with van der Waals surface area (Å²) in [5, 5.41) is 15.0. The number of benzene rings is 3. The third-order valence-electron chi connectivity index (χ3n) is 7.40. The van der Waals surface area contributed by atoms with Gasteiger partial charge in [0.15, 0.2) is 5.88 Å². The van der Waals surface area contributed by atoms with Crippen molar-refractivity contribution in [3.05, 3.63) is 89.5 Å². The van der Waals surface area contributed by atoms with Crippen LogP contribution in [0.1, 0.15) is 29.5 Å². The van der Waals surface area contributed by atoms with Gasteiger partial charge in [0.05, 0.1) is 21.9 Å². The average molecular weight is 544 g/mol. The van der Waals surface area contributed by atoms with E-state index < -0.39 is 10.0 Å². The molecule has 1 aliphatic heterocycles. The molecule has 202 valence electrons. The van der Waals surface area contributed by atoms with Gasteiger partial charge in [-0.25, -0.2) is 18.1 Å². The third kappa shape index (κ3) is 5.91. The van der Waals surface area contributed by atoms with E-state index in [0.717, 1.165) is 56.8 Å². The number of aromatic amines is 1. The lowest BCUT2D eigenvalue weighted by atomic mass is 10.0. The van der Waals surface area contributed by atoms with Crippen LogP contribution in [-0.2, 0) is 16.6 Å². The highest BCUT2D eigenvalue weighted by Crippen LogP contribution is 2.33. The number of hydrogen-bond acceptors (Lipinski definition) is 6. The molecule has 1 saturated carbocycles. The normalized spacial score (nSPS) is 17.1. The molecule has 1 aromatic heterocycles. The maximum atomic E-state index is 13.0. The number of aromatic nitrogens is 1. The number of aromatic hydroxyl groups is 1. The van der Waals surface area contributed by atoms with Crippen LogP contribution in [0.3, 0.4) is 0 Å². The molecular weight excluding hydrogens is 510 g/mol. The van der Waals surface area contributed by atoms with Crippen LogP contribution in [0.15, 0.2) is 82.7 Å². The molecule has 1 saturated heterocycles. The van der Waals surface area contributed by atoms with E-state index in [1.165, 1.54) is 5.56 Å². The van der Waals surface area contributed by atoms with E-state index in [1.807, 2.05) is 42.5 Å².